The van der Waals surface area contributed by atoms with Gasteiger partial charge in [-0.05, 0) is 36.4 Å². The van der Waals surface area contributed by atoms with E-state index in [-0.39, 0.29) is 11.3 Å². The van der Waals surface area contributed by atoms with Gasteiger partial charge in [0.2, 0.25) is 5.91 Å². The first-order valence-electron chi connectivity index (χ1n) is 7.47. The average Bonchev–Trinajstić information content (AvgIpc) is 3.13. The number of halogens is 3. The van der Waals surface area contributed by atoms with Crippen LogP contribution in [0.4, 0.5) is 18.9 Å². The molecule has 1 heterocycles. The molecule has 9 heteroatoms. The van der Waals surface area contributed by atoms with Crippen LogP contribution in [-0.2, 0) is 16.1 Å². The Bertz CT molecular complexity index is 795. The highest BCUT2D eigenvalue weighted by Crippen LogP contribution is 2.45. The molecule has 25 heavy (non-hydrogen) atoms. The number of carboxylic acids is 1. The normalized spacial score (nSPS) is 15.2. The van der Waals surface area contributed by atoms with E-state index >= 15 is 0 Å². The van der Waals surface area contributed by atoms with Crippen molar-refractivity contribution in [2.75, 3.05) is 5.73 Å². The number of anilines is 1. The molecule has 0 atom stereocenters. The highest BCUT2D eigenvalue weighted by molar-refractivity contribution is 5.85. The summed E-state index contributed by atoms with van der Waals surface area (Å²) in [7, 11) is 0. The number of alkyl halides is 3. The molecule has 1 fully saturated rings. The average molecular weight is 357 g/mol. The van der Waals surface area contributed by atoms with Gasteiger partial charge < -0.3 is 21.1 Å². The van der Waals surface area contributed by atoms with Gasteiger partial charge in [-0.15, -0.1) is 0 Å². The van der Waals surface area contributed by atoms with Gasteiger partial charge in [0.05, 0.1) is 6.54 Å². The van der Waals surface area contributed by atoms with Crippen molar-refractivity contribution in [1.29, 1.82) is 0 Å². The van der Waals surface area contributed by atoms with E-state index in [2.05, 4.69) is 10.3 Å². The molecule has 2 aromatic rings. The van der Waals surface area contributed by atoms with Gasteiger partial charge >= 0.3 is 12.1 Å². The molecule has 1 aliphatic carbocycles. The fourth-order valence-electron chi connectivity index (χ4n) is 2.10. The Morgan fingerprint density at radius 3 is 2.44 bits per heavy atom. The molecule has 0 radical (unpaired) electrons. The summed E-state index contributed by atoms with van der Waals surface area (Å²) < 4.78 is 31.7. The molecule has 6 nitrogen and oxygen atoms in total. The lowest BCUT2D eigenvalue weighted by Gasteiger charge is -2.08. The SMILES string of the molecule is CC1(C(=O)NCc2cc3ccc(N)cc3[nH]2)CC1.O=C(O)C(F)(F)F. The first-order valence-corrected chi connectivity index (χ1v) is 7.47. The highest BCUT2D eigenvalue weighted by Gasteiger charge is 2.44. The monoisotopic (exact) mass is 357 g/mol. The Hall–Kier alpha value is -2.71. The molecule has 3 rings (SSSR count). The van der Waals surface area contributed by atoms with Gasteiger partial charge in [-0.1, -0.05) is 13.0 Å². The van der Waals surface area contributed by atoms with Gasteiger partial charge in [0, 0.05) is 22.3 Å². The summed E-state index contributed by atoms with van der Waals surface area (Å²) in [4.78, 5) is 24.0. The third kappa shape index (κ3) is 4.88. The Morgan fingerprint density at radius 1 is 1.32 bits per heavy atom. The summed E-state index contributed by atoms with van der Waals surface area (Å²) in [6.07, 6.45) is -3.08. The molecular weight excluding hydrogens is 339 g/mol. The summed E-state index contributed by atoms with van der Waals surface area (Å²) in [5.41, 5.74) is 8.38. The van der Waals surface area contributed by atoms with E-state index in [4.69, 9.17) is 15.6 Å². The van der Waals surface area contributed by atoms with Gasteiger partial charge in [0.15, 0.2) is 0 Å². The number of benzene rings is 1. The molecule has 5 N–H and O–H groups in total. The van der Waals surface area contributed by atoms with Crippen LogP contribution in [0.3, 0.4) is 0 Å². The number of hydrogen-bond donors (Lipinski definition) is 4. The number of nitrogens with two attached hydrogens (primary N) is 1. The second-order valence-electron chi connectivity index (χ2n) is 6.19. The van der Waals surface area contributed by atoms with E-state index < -0.39 is 12.1 Å². The maximum Gasteiger partial charge on any atom is 0.490 e. The zero-order valence-electron chi connectivity index (χ0n) is 13.4. The van der Waals surface area contributed by atoms with Crippen molar-refractivity contribution in [2.45, 2.75) is 32.5 Å². The van der Waals surface area contributed by atoms with Crippen LogP contribution in [0.25, 0.3) is 10.9 Å². The van der Waals surface area contributed by atoms with Crippen molar-refractivity contribution < 1.29 is 27.9 Å². The Kier molecular flexibility index (Phi) is 4.96. The minimum Gasteiger partial charge on any atom is -0.475 e. The topological polar surface area (TPSA) is 108 Å². The molecular formula is C16H18F3N3O3. The number of aliphatic carboxylic acids is 1. The zero-order valence-corrected chi connectivity index (χ0v) is 13.4. The third-order valence-corrected chi connectivity index (χ3v) is 3.93. The van der Waals surface area contributed by atoms with Gasteiger partial charge in [-0.3, -0.25) is 4.79 Å². The molecule has 1 aliphatic rings. The number of carboxylic acid groups (broad SMARTS) is 1. The van der Waals surface area contributed by atoms with Crippen LogP contribution >= 0.6 is 0 Å². The van der Waals surface area contributed by atoms with Crippen LogP contribution in [0, 0.1) is 5.41 Å². The number of rotatable bonds is 3. The minimum absolute atomic E-state index is 0.115. The van der Waals surface area contributed by atoms with Crippen LogP contribution in [-0.4, -0.2) is 28.1 Å². The number of carbonyl (C=O) groups is 2. The number of hydrogen-bond acceptors (Lipinski definition) is 3. The Morgan fingerprint density at radius 2 is 1.92 bits per heavy atom. The molecule has 1 aromatic carbocycles. The van der Waals surface area contributed by atoms with Gasteiger partial charge in [0.1, 0.15) is 0 Å². The molecule has 0 aliphatic heterocycles. The lowest BCUT2D eigenvalue weighted by molar-refractivity contribution is -0.192. The van der Waals surface area contributed by atoms with Crippen molar-refractivity contribution in [3.05, 3.63) is 30.0 Å². The van der Waals surface area contributed by atoms with Crippen LogP contribution in [0.1, 0.15) is 25.5 Å². The van der Waals surface area contributed by atoms with Crippen LogP contribution < -0.4 is 11.1 Å². The maximum absolute atomic E-state index is 11.8. The maximum atomic E-state index is 11.8. The van der Waals surface area contributed by atoms with Gasteiger partial charge in [0.25, 0.3) is 0 Å². The number of fused-ring (bicyclic) bond motifs is 1. The number of nitrogens with one attached hydrogen (secondary N) is 2. The highest BCUT2D eigenvalue weighted by atomic mass is 19.4. The molecule has 1 amide bonds. The number of H-pyrrole nitrogens is 1. The Balaban J connectivity index is 0.000000277. The lowest BCUT2D eigenvalue weighted by Crippen LogP contribution is -2.29. The van der Waals surface area contributed by atoms with Crippen LogP contribution in [0.5, 0.6) is 0 Å². The second kappa shape index (κ2) is 6.66. The number of amides is 1. The molecule has 0 bridgehead atoms. The fourth-order valence-corrected chi connectivity index (χ4v) is 2.10. The number of aromatic amines is 1. The first kappa shape index (κ1) is 18.6. The predicted octanol–water partition coefficient (Wildman–Crippen LogP) is 2.80. The Labute approximate surface area is 141 Å². The predicted molar refractivity (Wildman–Crippen MR) is 85.6 cm³/mol. The minimum atomic E-state index is -5.08. The van der Waals surface area contributed by atoms with Crippen molar-refractivity contribution in [2.24, 2.45) is 5.41 Å². The number of nitrogen functional groups attached to an aromatic ring is 1. The van der Waals surface area contributed by atoms with E-state index in [1.807, 2.05) is 31.2 Å². The smallest absolute Gasteiger partial charge is 0.475 e. The molecule has 0 unspecified atom stereocenters. The van der Waals surface area contributed by atoms with E-state index in [9.17, 15) is 18.0 Å². The van der Waals surface area contributed by atoms with Crippen LogP contribution in [0.2, 0.25) is 0 Å². The van der Waals surface area contributed by atoms with Gasteiger partial charge in [-0.2, -0.15) is 13.2 Å². The molecule has 1 saturated carbocycles. The first-order chi connectivity index (χ1) is 11.5. The van der Waals surface area contributed by atoms with Crippen molar-refractivity contribution in [1.82, 2.24) is 10.3 Å². The summed E-state index contributed by atoms with van der Waals surface area (Å²) in [6.45, 7) is 2.55. The summed E-state index contributed by atoms with van der Waals surface area (Å²) in [5, 5.41) is 11.2. The van der Waals surface area contributed by atoms with E-state index in [1.54, 1.807) is 0 Å². The molecule has 0 saturated heterocycles. The quantitative estimate of drug-likeness (QED) is 0.634. The number of carbonyl (C=O) groups excluding carboxylic acids is 1. The summed E-state index contributed by atoms with van der Waals surface area (Å²) in [6, 6.07) is 7.81. The standard InChI is InChI=1S/C14H17N3O.C2HF3O2/c1-14(4-5-14)13(18)16-8-11-6-9-2-3-10(15)7-12(9)17-11;3-2(4,5)1(6)7/h2-3,6-7,17H,4-5,8,15H2,1H3,(H,16,18);(H,6,7). The summed E-state index contributed by atoms with van der Waals surface area (Å²) >= 11 is 0. The van der Waals surface area contributed by atoms with E-state index in [0.717, 1.165) is 35.1 Å². The van der Waals surface area contributed by atoms with Gasteiger partial charge in [-0.25, -0.2) is 4.79 Å². The largest absolute Gasteiger partial charge is 0.490 e. The third-order valence-electron chi connectivity index (χ3n) is 3.93. The van der Waals surface area contributed by atoms with Crippen molar-refractivity contribution >= 4 is 28.5 Å². The van der Waals surface area contributed by atoms with Crippen molar-refractivity contribution in [3.63, 3.8) is 0 Å². The van der Waals surface area contributed by atoms with Crippen LogP contribution in [0.15, 0.2) is 24.3 Å². The summed E-state index contributed by atoms with van der Waals surface area (Å²) in [5.74, 6) is -2.60. The number of aromatic nitrogens is 1. The fraction of sp³-hybridized carbons (Fsp3) is 0.375. The zero-order chi connectivity index (χ0) is 18.8. The lowest BCUT2D eigenvalue weighted by atomic mass is 10.1. The molecule has 0 spiro atoms. The van der Waals surface area contributed by atoms with E-state index in [1.165, 1.54) is 0 Å². The molecule has 1 aromatic heterocycles. The second-order valence-corrected chi connectivity index (χ2v) is 6.19. The molecule has 136 valence electrons. The van der Waals surface area contributed by atoms with E-state index in [0.29, 0.717) is 6.54 Å². The van der Waals surface area contributed by atoms with Crippen molar-refractivity contribution in [3.8, 4) is 0 Å².